The molecule has 0 amide bonds. The predicted molar refractivity (Wildman–Crippen MR) is 101 cm³/mol. The van der Waals surface area contributed by atoms with Crippen LogP contribution in [0.25, 0.3) is 0 Å². The maximum Gasteiger partial charge on any atom is 0.142 e. The topological polar surface area (TPSA) is 48.6 Å². The van der Waals surface area contributed by atoms with Crippen molar-refractivity contribution < 1.29 is 9.57 Å². The molecule has 7 heteroatoms. The molecule has 2 heterocycles. The molecule has 0 aliphatic carbocycles. The third-order valence-electron chi connectivity index (χ3n) is 4.14. The van der Waals surface area contributed by atoms with Gasteiger partial charge in [-0.2, -0.15) is 0 Å². The summed E-state index contributed by atoms with van der Waals surface area (Å²) in [5.41, 5.74) is 2.60. The maximum absolute atomic E-state index is 6.05. The smallest absolute Gasteiger partial charge is 0.142 e. The third kappa shape index (κ3) is 3.41. The van der Waals surface area contributed by atoms with E-state index in [9.17, 15) is 0 Å². The van der Waals surface area contributed by atoms with Gasteiger partial charge in [0.05, 0.1) is 16.4 Å². The summed E-state index contributed by atoms with van der Waals surface area (Å²) < 4.78 is 7.82. The van der Waals surface area contributed by atoms with Crippen molar-refractivity contribution in [2.75, 3.05) is 6.61 Å². The SMILES string of the molecule is Clc1ccc(CO/N=C2/c3ccccc3OCC2n2ccnc2)cc1Cl. The van der Waals surface area contributed by atoms with Gasteiger partial charge in [0.1, 0.15) is 30.7 Å². The molecule has 132 valence electrons. The van der Waals surface area contributed by atoms with Gasteiger partial charge in [-0.05, 0) is 29.8 Å². The molecule has 0 bridgehead atoms. The number of hydrogen-bond acceptors (Lipinski definition) is 4. The van der Waals surface area contributed by atoms with Crippen molar-refractivity contribution in [3.05, 3.63) is 82.4 Å². The fourth-order valence-corrected chi connectivity index (χ4v) is 3.15. The monoisotopic (exact) mass is 387 g/mol. The van der Waals surface area contributed by atoms with E-state index in [0.717, 1.165) is 22.6 Å². The van der Waals surface area contributed by atoms with Gasteiger partial charge in [0, 0.05) is 18.0 Å². The average molecular weight is 388 g/mol. The molecule has 0 fully saturated rings. The molecule has 1 atom stereocenters. The van der Waals surface area contributed by atoms with E-state index in [2.05, 4.69) is 10.1 Å². The Morgan fingerprint density at radius 3 is 2.88 bits per heavy atom. The fraction of sp³-hybridized carbons (Fsp3) is 0.158. The number of nitrogens with zero attached hydrogens (tertiary/aromatic N) is 3. The number of halogens is 2. The number of benzene rings is 2. The van der Waals surface area contributed by atoms with Gasteiger partial charge in [0.25, 0.3) is 0 Å². The second kappa shape index (κ2) is 7.40. The van der Waals surface area contributed by atoms with Crippen molar-refractivity contribution in [1.82, 2.24) is 9.55 Å². The van der Waals surface area contributed by atoms with E-state index in [1.807, 2.05) is 41.1 Å². The molecule has 26 heavy (non-hydrogen) atoms. The van der Waals surface area contributed by atoms with Crippen LogP contribution in [-0.4, -0.2) is 21.9 Å². The quantitative estimate of drug-likeness (QED) is 0.607. The summed E-state index contributed by atoms with van der Waals surface area (Å²) >= 11 is 12.0. The Morgan fingerprint density at radius 1 is 1.19 bits per heavy atom. The van der Waals surface area contributed by atoms with E-state index in [1.54, 1.807) is 24.7 Å². The predicted octanol–water partition coefficient (Wildman–Crippen LogP) is 4.74. The van der Waals surface area contributed by atoms with Crippen molar-refractivity contribution in [3.63, 3.8) is 0 Å². The van der Waals surface area contributed by atoms with Crippen LogP contribution in [0.1, 0.15) is 17.2 Å². The maximum atomic E-state index is 6.05. The Balaban J connectivity index is 1.61. The van der Waals surface area contributed by atoms with E-state index in [0.29, 0.717) is 23.3 Å². The second-order valence-corrected chi connectivity index (χ2v) is 6.65. The highest BCUT2D eigenvalue weighted by Crippen LogP contribution is 2.30. The number of rotatable bonds is 4. The summed E-state index contributed by atoms with van der Waals surface area (Å²) in [7, 11) is 0. The van der Waals surface area contributed by atoms with Crippen LogP contribution in [0.5, 0.6) is 5.75 Å². The van der Waals surface area contributed by atoms with Crippen LogP contribution in [0.3, 0.4) is 0 Å². The highest BCUT2D eigenvalue weighted by atomic mass is 35.5. The minimum Gasteiger partial charge on any atom is -0.490 e. The molecule has 4 rings (SSSR count). The van der Waals surface area contributed by atoms with Crippen LogP contribution in [-0.2, 0) is 11.4 Å². The number of oxime groups is 1. The van der Waals surface area contributed by atoms with Gasteiger partial charge in [-0.1, -0.05) is 46.6 Å². The fourth-order valence-electron chi connectivity index (χ4n) is 2.83. The Kier molecular flexibility index (Phi) is 4.82. The summed E-state index contributed by atoms with van der Waals surface area (Å²) in [4.78, 5) is 9.75. The molecule has 2 aromatic carbocycles. The number of fused-ring (bicyclic) bond motifs is 1. The zero-order chi connectivity index (χ0) is 17.9. The second-order valence-electron chi connectivity index (χ2n) is 5.83. The first-order valence-electron chi connectivity index (χ1n) is 8.06. The van der Waals surface area contributed by atoms with Gasteiger partial charge in [-0.3, -0.25) is 0 Å². The van der Waals surface area contributed by atoms with E-state index >= 15 is 0 Å². The first kappa shape index (κ1) is 16.9. The standard InChI is InChI=1S/C19H15Cl2N3O2/c20-15-6-5-13(9-16(15)21)10-26-23-19-14-3-1-2-4-18(14)25-11-17(19)24-8-7-22-12-24/h1-9,12,17H,10-11H2/b23-19-. The Bertz CT molecular complexity index is 942. The van der Waals surface area contributed by atoms with E-state index in [1.165, 1.54) is 0 Å². The van der Waals surface area contributed by atoms with Crippen LogP contribution in [0.2, 0.25) is 10.0 Å². The number of ether oxygens (including phenoxy) is 1. The van der Waals surface area contributed by atoms with Crippen LogP contribution < -0.4 is 4.74 Å². The third-order valence-corrected chi connectivity index (χ3v) is 4.88. The molecular formula is C19H15Cl2N3O2. The lowest BCUT2D eigenvalue weighted by molar-refractivity contribution is 0.127. The summed E-state index contributed by atoms with van der Waals surface area (Å²) in [5, 5.41) is 5.43. The lowest BCUT2D eigenvalue weighted by atomic mass is 10.00. The van der Waals surface area contributed by atoms with Gasteiger partial charge < -0.3 is 14.1 Å². The van der Waals surface area contributed by atoms with Crippen molar-refractivity contribution in [2.24, 2.45) is 5.16 Å². The average Bonchev–Trinajstić information content (AvgIpc) is 3.19. The van der Waals surface area contributed by atoms with Gasteiger partial charge in [-0.25, -0.2) is 4.98 Å². The van der Waals surface area contributed by atoms with Crippen LogP contribution >= 0.6 is 23.2 Å². The summed E-state index contributed by atoms with van der Waals surface area (Å²) in [6.07, 6.45) is 5.36. The highest BCUT2D eigenvalue weighted by Gasteiger charge is 2.28. The summed E-state index contributed by atoms with van der Waals surface area (Å²) in [6.45, 7) is 0.752. The zero-order valence-electron chi connectivity index (χ0n) is 13.7. The molecule has 0 saturated carbocycles. The highest BCUT2D eigenvalue weighted by molar-refractivity contribution is 6.42. The van der Waals surface area contributed by atoms with Gasteiger partial charge in [0.15, 0.2) is 0 Å². The molecule has 0 radical (unpaired) electrons. The van der Waals surface area contributed by atoms with Crippen LogP contribution in [0.15, 0.2) is 66.3 Å². The number of aromatic nitrogens is 2. The van der Waals surface area contributed by atoms with Crippen molar-refractivity contribution in [1.29, 1.82) is 0 Å². The number of imidazole rings is 1. The van der Waals surface area contributed by atoms with Crippen molar-refractivity contribution in [2.45, 2.75) is 12.6 Å². The minimum atomic E-state index is -0.110. The van der Waals surface area contributed by atoms with Crippen molar-refractivity contribution in [3.8, 4) is 5.75 Å². The number of para-hydroxylation sites is 1. The Morgan fingerprint density at radius 2 is 2.08 bits per heavy atom. The molecule has 3 aromatic rings. The van der Waals surface area contributed by atoms with Crippen LogP contribution in [0, 0.1) is 0 Å². The van der Waals surface area contributed by atoms with E-state index < -0.39 is 0 Å². The molecule has 1 aliphatic heterocycles. The van der Waals surface area contributed by atoms with Gasteiger partial charge >= 0.3 is 0 Å². The minimum absolute atomic E-state index is 0.110. The van der Waals surface area contributed by atoms with Gasteiger partial charge in [0.2, 0.25) is 0 Å². The summed E-state index contributed by atoms with van der Waals surface area (Å²) in [5.74, 6) is 0.792. The molecular weight excluding hydrogens is 373 g/mol. The normalized spacial score (nSPS) is 17.6. The Labute approximate surface area is 160 Å². The molecule has 1 unspecified atom stereocenters. The molecule has 0 saturated heterocycles. The van der Waals surface area contributed by atoms with E-state index in [4.69, 9.17) is 32.8 Å². The van der Waals surface area contributed by atoms with Crippen LogP contribution in [0.4, 0.5) is 0 Å². The molecule has 1 aromatic heterocycles. The Hall–Kier alpha value is -2.50. The first-order valence-corrected chi connectivity index (χ1v) is 8.81. The molecule has 0 N–H and O–H groups in total. The van der Waals surface area contributed by atoms with Crippen molar-refractivity contribution >= 4 is 28.9 Å². The lowest BCUT2D eigenvalue weighted by Crippen LogP contribution is -2.30. The molecule has 5 nitrogen and oxygen atoms in total. The molecule has 1 aliphatic rings. The zero-order valence-corrected chi connectivity index (χ0v) is 15.2. The first-order chi connectivity index (χ1) is 12.7. The summed E-state index contributed by atoms with van der Waals surface area (Å²) in [6, 6.07) is 13.1. The van der Waals surface area contributed by atoms with E-state index in [-0.39, 0.29) is 6.04 Å². The largest absolute Gasteiger partial charge is 0.490 e. The lowest BCUT2D eigenvalue weighted by Gasteiger charge is -2.27. The number of hydrogen-bond donors (Lipinski definition) is 0. The molecule has 0 spiro atoms. The van der Waals surface area contributed by atoms with Gasteiger partial charge in [-0.15, -0.1) is 0 Å².